The van der Waals surface area contributed by atoms with E-state index in [9.17, 15) is 5.11 Å². The summed E-state index contributed by atoms with van der Waals surface area (Å²) in [5.41, 5.74) is 0. The predicted molar refractivity (Wildman–Crippen MR) is 91.9 cm³/mol. The van der Waals surface area contributed by atoms with Crippen LogP contribution in [-0.2, 0) is 4.74 Å². The van der Waals surface area contributed by atoms with E-state index >= 15 is 0 Å². The molecule has 1 heterocycles. The van der Waals surface area contributed by atoms with Crippen LogP contribution in [0.5, 0.6) is 0 Å². The molecule has 1 aliphatic heterocycles. The number of piperidine rings is 1. The largest absolute Gasteiger partial charge is 0.389 e. The molecule has 2 rings (SSSR count). The van der Waals surface area contributed by atoms with Gasteiger partial charge in [-0.05, 0) is 55.9 Å². The quantitative estimate of drug-likeness (QED) is 0.814. The Bertz CT molecular complexity index is 321. The van der Waals surface area contributed by atoms with Crippen molar-refractivity contribution in [3.63, 3.8) is 0 Å². The van der Waals surface area contributed by atoms with Crippen LogP contribution in [0.1, 0.15) is 59.8 Å². The Labute approximate surface area is 137 Å². The van der Waals surface area contributed by atoms with E-state index in [2.05, 4.69) is 32.6 Å². The number of hydrogen-bond acceptors (Lipinski definition) is 3. The van der Waals surface area contributed by atoms with Crippen molar-refractivity contribution in [2.45, 2.75) is 72.0 Å². The molecule has 0 spiro atoms. The van der Waals surface area contributed by atoms with Crippen LogP contribution in [0, 0.1) is 23.7 Å². The summed E-state index contributed by atoms with van der Waals surface area (Å²) in [5, 5.41) is 10.3. The van der Waals surface area contributed by atoms with Gasteiger partial charge in [0.25, 0.3) is 0 Å². The summed E-state index contributed by atoms with van der Waals surface area (Å²) in [5.74, 6) is 2.88. The number of aliphatic hydroxyl groups is 1. The number of aliphatic hydroxyl groups excluding tert-OH is 1. The first-order chi connectivity index (χ1) is 10.5. The summed E-state index contributed by atoms with van der Waals surface area (Å²) in [6, 6.07) is 0. The standard InChI is InChI=1S/C19H37NO2/c1-14(2)18-8-7-15(3)10-19(18)22-13-17(21)12-20-9-5-6-16(4)11-20/h14-19,21H,5-13H2,1-4H3/t15-,16+,17-,18-,19-/m1/s1. The van der Waals surface area contributed by atoms with Gasteiger partial charge in [-0.2, -0.15) is 0 Å². The minimum Gasteiger partial charge on any atom is -0.389 e. The van der Waals surface area contributed by atoms with Gasteiger partial charge in [0.1, 0.15) is 0 Å². The third-order valence-corrected chi connectivity index (χ3v) is 5.67. The summed E-state index contributed by atoms with van der Waals surface area (Å²) >= 11 is 0. The Balaban J connectivity index is 1.75. The van der Waals surface area contributed by atoms with Crippen LogP contribution in [0.2, 0.25) is 0 Å². The van der Waals surface area contributed by atoms with Crippen LogP contribution < -0.4 is 0 Å². The summed E-state index contributed by atoms with van der Waals surface area (Å²) in [6.07, 6.45) is 6.38. The zero-order valence-electron chi connectivity index (χ0n) is 15.1. The maximum atomic E-state index is 10.3. The monoisotopic (exact) mass is 311 g/mol. The highest BCUT2D eigenvalue weighted by atomic mass is 16.5. The molecule has 0 radical (unpaired) electrons. The van der Waals surface area contributed by atoms with Gasteiger partial charge < -0.3 is 14.7 Å². The minimum atomic E-state index is -0.338. The van der Waals surface area contributed by atoms with E-state index < -0.39 is 0 Å². The number of ether oxygens (including phenoxy) is 1. The van der Waals surface area contributed by atoms with Crippen LogP contribution in [-0.4, -0.2) is 48.5 Å². The average molecular weight is 312 g/mol. The van der Waals surface area contributed by atoms with Gasteiger partial charge in [-0.3, -0.25) is 0 Å². The van der Waals surface area contributed by atoms with Gasteiger partial charge in [-0.1, -0.05) is 34.1 Å². The molecule has 2 fully saturated rings. The van der Waals surface area contributed by atoms with Crippen molar-refractivity contribution in [3.8, 4) is 0 Å². The van der Waals surface area contributed by atoms with Gasteiger partial charge >= 0.3 is 0 Å². The minimum absolute atomic E-state index is 0.338. The Hall–Kier alpha value is -0.120. The topological polar surface area (TPSA) is 32.7 Å². The Morgan fingerprint density at radius 3 is 2.59 bits per heavy atom. The molecule has 1 saturated heterocycles. The Morgan fingerprint density at radius 1 is 1.14 bits per heavy atom. The first kappa shape index (κ1) is 18.2. The smallest absolute Gasteiger partial charge is 0.0900 e. The first-order valence-electron chi connectivity index (χ1n) is 9.47. The molecule has 130 valence electrons. The molecular formula is C19H37NO2. The van der Waals surface area contributed by atoms with E-state index in [0.717, 1.165) is 37.9 Å². The van der Waals surface area contributed by atoms with Crippen molar-refractivity contribution < 1.29 is 9.84 Å². The van der Waals surface area contributed by atoms with E-state index in [1.165, 1.54) is 25.7 Å². The van der Waals surface area contributed by atoms with Gasteiger partial charge in [0.15, 0.2) is 0 Å². The van der Waals surface area contributed by atoms with E-state index in [1.807, 2.05) is 0 Å². The molecule has 0 aromatic carbocycles. The second kappa shape index (κ2) is 8.65. The molecule has 0 unspecified atom stereocenters. The van der Waals surface area contributed by atoms with Crippen LogP contribution in [0.15, 0.2) is 0 Å². The highest BCUT2D eigenvalue weighted by molar-refractivity contribution is 4.82. The van der Waals surface area contributed by atoms with Crippen LogP contribution in [0.4, 0.5) is 0 Å². The second-order valence-corrected chi connectivity index (χ2v) is 8.36. The fourth-order valence-electron chi connectivity index (χ4n) is 4.34. The summed E-state index contributed by atoms with van der Waals surface area (Å²) in [6.45, 7) is 12.8. The second-order valence-electron chi connectivity index (χ2n) is 8.36. The molecule has 0 amide bonds. The number of likely N-dealkylation sites (tertiary alicyclic amines) is 1. The molecule has 0 aromatic heterocycles. The number of hydrogen-bond donors (Lipinski definition) is 1. The first-order valence-corrected chi connectivity index (χ1v) is 9.47. The van der Waals surface area contributed by atoms with Gasteiger partial charge in [0, 0.05) is 13.1 Å². The third-order valence-electron chi connectivity index (χ3n) is 5.67. The highest BCUT2D eigenvalue weighted by Crippen LogP contribution is 2.35. The van der Waals surface area contributed by atoms with E-state index in [4.69, 9.17) is 4.74 Å². The molecule has 1 saturated carbocycles. The van der Waals surface area contributed by atoms with Crippen molar-refractivity contribution >= 4 is 0 Å². The molecule has 3 heteroatoms. The lowest BCUT2D eigenvalue weighted by Crippen LogP contribution is -2.42. The number of nitrogens with zero attached hydrogens (tertiary/aromatic N) is 1. The third kappa shape index (κ3) is 5.50. The fourth-order valence-corrected chi connectivity index (χ4v) is 4.34. The molecule has 22 heavy (non-hydrogen) atoms. The van der Waals surface area contributed by atoms with Gasteiger partial charge in [0.2, 0.25) is 0 Å². The molecule has 5 atom stereocenters. The normalized spacial score (nSPS) is 35.7. The maximum absolute atomic E-state index is 10.3. The fraction of sp³-hybridized carbons (Fsp3) is 1.00. The molecule has 1 N–H and O–H groups in total. The molecule has 0 bridgehead atoms. The zero-order chi connectivity index (χ0) is 16.1. The van der Waals surface area contributed by atoms with E-state index in [-0.39, 0.29) is 6.10 Å². The Kier molecular flexibility index (Phi) is 7.17. The number of rotatable bonds is 6. The maximum Gasteiger partial charge on any atom is 0.0900 e. The lowest BCUT2D eigenvalue weighted by molar-refractivity contribution is -0.0751. The molecule has 3 nitrogen and oxygen atoms in total. The van der Waals surface area contributed by atoms with E-state index in [0.29, 0.717) is 24.5 Å². The number of β-amino-alcohol motifs (C(OH)–C–C–N with tert-alkyl or cyclic N) is 1. The lowest BCUT2D eigenvalue weighted by Gasteiger charge is -2.38. The molecule has 2 aliphatic rings. The van der Waals surface area contributed by atoms with Crippen LogP contribution >= 0.6 is 0 Å². The molecular weight excluding hydrogens is 274 g/mol. The zero-order valence-corrected chi connectivity index (χ0v) is 15.1. The van der Waals surface area contributed by atoms with Crippen molar-refractivity contribution in [2.75, 3.05) is 26.2 Å². The van der Waals surface area contributed by atoms with Gasteiger partial charge in [0.05, 0.1) is 18.8 Å². The average Bonchev–Trinajstić information content (AvgIpc) is 2.45. The van der Waals surface area contributed by atoms with E-state index in [1.54, 1.807) is 0 Å². The summed E-state index contributed by atoms with van der Waals surface area (Å²) < 4.78 is 6.18. The SMILES string of the molecule is CC(C)[C@H]1CC[C@@H](C)C[C@H]1OC[C@H](O)CN1CCC[C@H](C)C1. The van der Waals surface area contributed by atoms with Crippen LogP contribution in [0.3, 0.4) is 0 Å². The van der Waals surface area contributed by atoms with Crippen LogP contribution in [0.25, 0.3) is 0 Å². The van der Waals surface area contributed by atoms with Gasteiger partial charge in [-0.25, -0.2) is 0 Å². The van der Waals surface area contributed by atoms with Crippen molar-refractivity contribution in [1.82, 2.24) is 4.90 Å². The van der Waals surface area contributed by atoms with Gasteiger partial charge in [-0.15, -0.1) is 0 Å². The highest BCUT2D eigenvalue weighted by Gasteiger charge is 2.32. The van der Waals surface area contributed by atoms with Crippen molar-refractivity contribution in [2.24, 2.45) is 23.7 Å². The predicted octanol–water partition coefficient (Wildman–Crippen LogP) is 3.56. The summed E-state index contributed by atoms with van der Waals surface area (Å²) in [4.78, 5) is 2.41. The molecule has 1 aliphatic carbocycles. The van der Waals surface area contributed by atoms with Crippen molar-refractivity contribution in [3.05, 3.63) is 0 Å². The summed E-state index contributed by atoms with van der Waals surface area (Å²) in [7, 11) is 0. The Morgan fingerprint density at radius 2 is 1.91 bits per heavy atom. The molecule has 0 aromatic rings. The van der Waals surface area contributed by atoms with Crippen molar-refractivity contribution in [1.29, 1.82) is 0 Å². The lowest BCUT2D eigenvalue weighted by atomic mass is 9.75.